The summed E-state index contributed by atoms with van der Waals surface area (Å²) in [6, 6.07) is 29.2. The lowest BCUT2D eigenvalue weighted by Crippen LogP contribution is -2.12. The Kier molecular flexibility index (Phi) is 4.72. The first kappa shape index (κ1) is 17.8. The minimum atomic E-state index is 0.475. The molecule has 0 N–H and O–H groups in total. The third-order valence-electron chi connectivity index (χ3n) is 4.57. The Morgan fingerprint density at radius 3 is 1.60 bits per heavy atom. The molecule has 0 aliphatic carbocycles. The number of pyridine rings is 2. The van der Waals surface area contributed by atoms with Gasteiger partial charge in [0.15, 0.2) is 0 Å². The third kappa shape index (κ3) is 3.54. The molecule has 0 aliphatic rings. The molecule has 5 aromatic rings. The van der Waals surface area contributed by atoms with Crippen molar-refractivity contribution in [2.24, 2.45) is 0 Å². The van der Waals surface area contributed by atoms with Crippen LogP contribution in [0.1, 0.15) is 0 Å². The largest absolute Gasteiger partial charge is 0.416 e. The Balaban J connectivity index is 1.48. The average Bonchev–Trinajstić information content (AvgIpc) is 3.32. The van der Waals surface area contributed by atoms with E-state index in [2.05, 4.69) is 20.2 Å². The summed E-state index contributed by atoms with van der Waals surface area (Å²) in [7, 11) is 0. The molecule has 0 fully saturated rings. The number of nitrogens with zero attached hydrogens (tertiary/aromatic N) is 5. The standard InChI is InChI=1S/C24H17N5O/c1-2-8-18(9-3-1)23-27-28-24(30-23)19-12-14-20(15-13-19)29(21-10-4-6-16-25-21)22-11-5-7-17-26-22/h1-17H. The van der Waals surface area contributed by atoms with E-state index in [1.807, 2.05) is 95.9 Å². The Morgan fingerprint density at radius 1 is 0.533 bits per heavy atom. The molecule has 0 saturated carbocycles. The van der Waals surface area contributed by atoms with Crippen LogP contribution in [-0.2, 0) is 0 Å². The Labute approximate surface area is 173 Å². The van der Waals surface area contributed by atoms with Crippen LogP contribution in [0.4, 0.5) is 17.3 Å². The second kappa shape index (κ2) is 7.97. The van der Waals surface area contributed by atoms with Gasteiger partial charge in [-0.05, 0) is 60.7 Å². The fourth-order valence-electron chi connectivity index (χ4n) is 3.14. The van der Waals surface area contributed by atoms with Gasteiger partial charge in [-0.15, -0.1) is 10.2 Å². The smallest absolute Gasteiger partial charge is 0.248 e. The molecule has 144 valence electrons. The predicted molar refractivity (Wildman–Crippen MR) is 115 cm³/mol. The maximum atomic E-state index is 5.86. The van der Waals surface area contributed by atoms with Crippen molar-refractivity contribution >= 4 is 17.3 Å². The predicted octanol–water partition coefficient (Wildman–Crippen LogP) is 5.66. The normalized spacial score (nSPS) is 10.7. The molecular formula is C24H17N5O. The fraction of sp³-hybridized carbons (Fsp3) is 0. The Morgan fingerprint density at radius 2 is 1.07 bits per heavy atom. The molecule has 6 heteroatoms. The van der Waals surface area contributed by atoms with E-state index >= 15 is 0 Å². The van der Waals surface area contributed by atoms with Crippen molar-refractivity contribution in [1.82, 2.24) is 20.2 Å². The third-order valence-corrected chi connectivity index (χ3v) is 4.57. The summed E-state index contributed by atoms with van der Waals surface area (Å²) in [6.07, 6.45) is 3.53. The van der Waals surface area contributed by atoms with Gasteiger partial charge < -0.3 is 4.42 Å². The molecule has 0 bridgehead atoms. The van der Waals surface area contributed by atoms with Crippen molar-refractivity contribution in [3.63, 3.8) is 0 Å². The van der Waals surface area contributed by atoms with Crippen LogP contribution in [0.2, 0.25) is 0 Å². The number of hydrogen-bond acceptors (Lipinski definition) is 6. The maximum absolute atomic E-state index is 5.86. The van der Waals surface area contributed by atoms with Crippen molar-refractivity contribution in [2.75, 3.05) is 4.90 Å². The van der Waals surface area contributed by atoms with E-state index in [1.54, 1.807) is 12.4 Å². The molecule has 2 aromatic carbocycles. The lowest BCUT2D eigenvalue weighted by molar-refractivity contribution is 0.584. The lowest BCUT2D eigenvalue weighted by atomic mass is 10.2. The SMILES string of the molecule is c1ccc(-c2nnc(-c3ccc(N(c4ccccn4)c4ccccn4)cc3)o2)cc1. The topological polar surface area (TPSA) is 67.9 Å². The highest BCUT2D eigenvalue weighted by Gasteiger charge is 2.15. The van der Waals surface area contributed by atoms with Crippen LogP contribution in [0.5, 0.6) is 0 Å². The van der Waals surface area contributed by atoms with Crippen molar-refractivity contribution in [2.45, 2.75) is 0 Å². The van der Waals surface area contributed by atoms with E-state index in [1.165, 1.54) is 0 Å². The zero-order valence-electron chi connectivity index (χ0n) is 16.0. The van der Waals surface area contributed by atoms with Crippen molar-refractivity contribution in [3.8, 4) is 22.9 Å². The van der Waals surface area contributed by atoms with Crippen molar-refractivity contribution < 1.29 is 4.42 Å². The van der Waals surface area contributed by atoms with Gasteiger partial charge in [-0.1, -0.05) is 30.3 Å². The molecule has 3 heterocycles. The summed E-state index contributed by atoms with van der Waals surface area (Å²) in [5, 5.41) is 8.37. The molecule has 0 unspecified atom stereocenters. The van der Waals surface area contributed by atoms with Gasteiger partial charge in [-0.3, -0.25) is 4.90 Å². The zero-order chi connectivity index (χ0) is 20.2. The van der Waals surface area contributed by atoms with Gasteiger partial charge >= 0.3 is 0 Å². The second-order valence-electron chi connectivity index (χ2n) is 6.54. The summed E-state index contributed by atoms with van der Waals surface area (Å²) in [5.74, 6) is 2.54. The summed E-state index contributed by atoms with van der Waals surface area (Å²) in [6.45, 7) is 0. The summed E-state index contributed by atoms with van der Waals surface area (Å²) < 4.78 is 5.86. The monoisotopic (exact) mass is 391 g/mol. The molecule has 0 aliphatic heterocycles. The zero-order valence-corrected chi connectivity index (χ0v) is 16.0. The number of rotatable bonds is 5. The number of benzene rings is 2. The highest BCUT2D eigenvalue weighted by Crippen LogP contribution is 2.33. The minimum Gasteiger partial charge on any atom is -0.416 e. The van der Waals surface area contributed by atoms with E-state index in [0.29, 0.717) is 11.8 Å². The molecule has 30 heavy (non-hydrogen) atoms. The van der Waals surface area contributed by atoms with E-state index in [4.69, 9.17) is 4.42 Å². The summed E-state index contributed by atoms with van der Waals surface area (Å²) in [5.41, 5.74) is 2.67. The van der Waals surface area contributed by atoms with E-state index < -0.39 is 0 Å². The number of aromatic nitrogens is 4. The second-order valence-corrected chi connectivity index (χ2v) is 6.54. The summed E-state index contributed by atoms with van der Waals surface area (Å²) in [4.78, 5) is 11.0. The first-order valence-corrected chi connectivity index (χ1v) is 9.50. The Bertz CT molecular complexity index is 1180. The Hall–Kier alpha value is -4.32. The van der Waals surface area contributed by atoms with Gasteiger partial charge in [0.1, 0.15) is 11.6 Å². The maximum Gasteiger partial charge on any atom is 0.248 e. The van der Waals surface area contributed by atoms with Crippen molar-refractivity contribution in [1.29, 1.82) is 0 Å². The molecule has 0 spiro atoms. The van der Waals surface area contributed by atoms with Crippen LogP contribution in [0.3, 0.4) is 0 Å². The quantitative estimate of drug-likeness (QED) is 0.385. The number of hydrogen-bond donors (Lipinski definition) is 0. The van der Waals surface area contributed by atoms with Crippen LogP contribution >= 0.6 is 0 Å². The van der Waals surface area contributed by atoms with E-state index in [0.717, 1.165) is 28.5 Å². The van der Waals surface area contributed by atoms with Gasteiger partial charge in [0.2, 0.25) is 11.8 Å². The van der Waals surface area contributed by atoms with Crippen molar-refractivity contribution in [3.05, 3.63) is 103 Å². The van der Waals surface area contributed by atoms with Gasteiger partial charge in [0, 0.05) is 29.2 Å². The molecular weight excluding hydrogens is 374 g/mol. The molecule has 3 aromatic heterocycles. The minimum absolute atomic E-state index is 0.475. The van der Waals surface area contributed by atoms with Gasteiger partial charge in [0.05, 0.1) is 0 Å². The van der Waals surface area contributed by atoms with E-state index in [9.17, 15) is 0 Å². The van der Waals surface area contributed by atoms with Gasteiger partial charge in [-0.2, -0.15) is 0 Å². The van der Waals surface area contributed by atoms with Crippen LogP contribution in [0.15, 0.2) is 108 Å². The first-order chi connectivity index (χ1) is 14.9. The average molecular weight is 391 g/mol. The number of anilines is 3. The molecule has 0 radical (unpaired) electrons. The molecule has 0 amide bonds. The molecule has 0 saturated heterocycles. The van der Waals surface area contributed by atoms with Gasteiger partial charge in [0.25, 0.3) is 0 Å². The molecule has 6 nitrogen and oxygen atoms in total. The van der Waals surface area contributed by atoms with Crippen LogP contribution in [0.25, 0.3) is 22.9 Å². The van der Waals surface area contributed by atoms with Crippen LogP contribution in [-0.4, -0.2) is 20.2 Å². The van der Waals surface area contributed by atoms with Gasteiger partial charge in [-0.25, -0.2) is 9.97 Å². The lowest BCUT2D eigenvalue weighted by Gasteiger charge is -2.22. The molecule has 5 rings (SSSR count). The summed E-state index contributed by atoms with van der Waals surface area (Å²) >= 11 is 0. The molecule has 0 atom stereocenters. The van der Waals surface area contributed by atoms with Crippen LogP contribution < -0.4 is 4.90 Å². The highest BCUT2D eigenvalue weighted by molar-refractivity contribution is 5.73. The van der Waals surface area contributed by atoms with Crippen LogP contribution in [0, 0.1) is 0 Å². The highest BCUT2D eigenvalue weighted by atomic mass is 16.4. The fourth-order valence-corrected chi connectivity index (χ4v) is 3.14. The first-order valence-electron chi connectivity index (χ1n) is 9.50. The van der Waals surface area contributed by atoms with E-state index in [-0.39, 0.29) is 0 Å².